The second-order valence-corrected chi connectivity index (χ2v) is 8.87. The Kier molecular flexibility index (Phi) is 5.49. The molecule has 0 saturated heterocycles. The minimum Gasteiger partial charge on any atom is -0.395 e. The molecule has 2 aliphatic rings. The molecule has 3 N–H and O–H groups in total. The number of fused-ring (bicyclic) bond motifs is 2. The molecule has 0 saturated carbocycles. The van der Waals surface area contributed by atoms with Gasteiger partial charge in [0.1, 0.15) is 0 Å². The lowest BCUT2D eigenvalue weighted by atomic mass is 9.70. The fraction of sp³-hybridized carbons (Fsp3) is 0.286. The molecule has 0 bridgehead atoms. The molecule has 3 nitrogen and oxygen atoms in total. The Balaban J connectivity index is 1.47. The number of hydrogen-bond donors (Lipinski definition) is 3. The maximum Gasteiger partial charge on any atom is 0.0892 e. The summed E-state index contributed by atoms with van der Waals surface area (Å²) in [6, 6.07) is 25.6. The molecule has 5 rings (SSSR count). The minimum atomic E-state index is -0.504. The van der Waals surface area contributed by atoms with E-state index in [1.807, 2.05) is 6.07 Å². The van der Waals surface area contributed by atoms with Gasteiger partial charge in [-0.25, -0.2) is 0 Å². The van der Waals surface area contributed by atoms with Crippen LogP contribution in [0.25, 0.3) is 6.08 Å². The van der Waals surface area contributed by atoms with Crippen molar-refractivity contribution in [3.63, 3.8) is 0 Å². The first-order valence-corrected chi connectivity index (χ1v) is 11.1. The van der Waals surface area contributed by atoms with Crippen LogP contribution >= 0.6 is 0 Å². The molecule has 0 spiro atoms. The van der Waals surface area contributed by atoms with E-state index in [-0.39, 0.29) is 12.0 Å². The predicted molar refractivity (Wildman–Crippen MR) is 125 cm³/mol. The standard InChI is InChI=1S/C28H29NO2/c30-14-13-29-19-21-11-9-20(10-12-21)17-28(18-24-7-3-4-8-26(24)27(28)31)25-15-22-5-1-2-6-23(22)16-25/h1-12,15,27,29-31H,13-14,16-19H2. The summed E-state index contributed by atoms with van der Waals surface area (Å²) >= 11 is 0. The fourth-order valence-electron chi connectivity index (χ4n) is 5.31. The highest BCUT2D eigenvalue weighted by Gasteiger charge is 2.48. The van der Waals surface area contributed by atoms with Gasteiger partial charge in [-0.2, -0.15) is 0 Å². The van der Waals surface area contributed by atoms with E-state index in [9.17, 15) is 5.11 Å². The first-order valence-electron chi connectivity index (χ1n) is 11.1. The molecule has 3 aromatic carbocycles. The van der Waals surface area contributed by atoms with Crippen molar-refractivity contribution in [1.82, 2.24) is 5.32 Å². The third-order valence-electron chi connectivity index (χ3n) is 6.94. The normalized spacial score (nSPS) is 21.6. The van der Waals surface area contributed by atoms with Crippen molar-refractivity contribution in [3.8, 4) is 0 Å². The average molecular weight is 412 g/mol. The second-order valence-electron chi connectivity index (χ2n) is 8.87. The van der Waals surface area contributed by atoms with Crippen molar-refractivity contribution >= 4 is 6.08 Å². The highest BCUT2D eigenvalue weighted by atomic mass is 16.3. The van der Waals surface area contributed by atoms with E-state index in [0.29, 0.717) is 6.54 Å². The van der Waals surface area contributed by atoms with Crippen LogP contribution in [0.5, 0.6) is 0 Å². The summed E-state index contributed by atoms with van der Waals surface area (Å²) in [7, 11) is 0. The Labute approximate surface area is 184 Å². The highest BCUT2D eigenvalue weighted by Crippen LogP contribution is 2.54. The first kappa shape index (κ1) is 20.2. The number of benzene rings is 3. The van der Waals surface area contributed by atoms with Gasteiger partial charge in [0, 0.05) is 18.5 Å². The summed E-state index contributed by atoms with van der Waals surface area (Å²) in [5.74, 6) is 0. The van der Waals surface area contributed by atoms with E-state index in [1.165, 1.54) is 33.4 Å². The van der Waals surface area contributed by atoms with E-state index >= 15 is 0 Å². The van der Waals surface area contributed by atoms with Gasteiger partial charge in [-0.05, 0) is 52.6 Å². The van der Waals surface area contributed by atoms with E-state index in [1.54, 1.807) is 0 Å². The number of aliphatic hydroxyl groups is 2. The molecule has 0 amide bonds. The number of aliphatic hydroxyl groups excluding tert-OH is 2. The minimum absolute atomic E-state index is 0.149. The molecule has 2 unspecified atom stereocenters. The van der Waals surface area contributed by atoms with Crippen molar-refractivity contribution in [3.05, 3.63) is 112 Å². The molecule has 0 fully saturated rings. The zero-order valence-corrected chi connectivity index (χ0v) is 17.7. The molecular formula is C28H29NO2. The van der Waals surface area contributed by atoms with Crippen molar-refractivity contribution in [2.75, 3.05) is 13.2 Å². The molecule has 158 valence electrons. The first-order chi connectivity index (χ1) is 15.2. The lowest BCUT2D eigenvalue weighted by molar-refractivity contribution is 0.0651. The van der Waals surface area contributed by atoms with Crippen LogP contribution in [0.3, 0.4) is 0 Å². The predicted octanol–water partition coefficient (Wildman–Crippen LogP) is 4.23. The molecule has 0 heterocycles. The second kappa shape index (κ2) is 8.43. The van der Waals surface area contributed by atoms with Gasteiger partial charge in [0.05, 0.1) is 12.7 Å². The number of nitrogens with one attached hydrogen (secondary N) is 1. The summed E-state index contributed by atoms with van der Waals surface area (Å²) in [5, 5.41) is 23.8. The molecule has 3 aromatic rings. The maximum atomic E-state index is 11.6. The van der Waals surface area contributed by atoms with Crippen molar-refractivity contribution < 1.29 is 10.2 Å². The summed E-state index contributed by atoms with van der Waals surface area (Å²) in [6.45, 7) is 1.50. The van der Waals surface area contributed by atoms with Gasteiger partial charge >= 0.3 is 0 Å². The van der Waals surface area contributed by atoms with Gasteiger partial charge in [0.25, 0.3) is 0 Å². The summed E-state index contributed by atoms with van der Waals surface area (Å²) < 4.78 is 0. The number of hydrogen-bond acceptors (Lipinski definition) is 3. The van der Waals surface area contributed by atoms with E-state index in [0.717, 1.165) is 31.4 Å². The van der Waals surface area contributed by atoms with Gasteiger partial charge in [-0.1, -0.05) is 84.4 Å². The van der Waals surface area contributed by atoms with Crippen molar-refractivity contribution in [1.29, 1.82) is 0 Å². The Morgan fingerprint density at radius 3 is 2.32 bits per heavy atom. The topological polar surface area (TPSA) is 52.5 Å². The molecule has 3 heteroatoms. The molecule has 2 aliphatic carbocycles. The van der Waals surface area contributed by atoms with Gasteiger partial charge in [0.15, 0.2) is 0 Å². The maximum absolute atomic E-state index is 11.6. The van der Waals surface area contributed by atoms with Crippen LogP contribution < -0.4 is 5.32 Å². The Morgan fingerprint density at radius 2 is 1.58 bits per heavy atom. The SMILES string of the molecule is OCCNCc1ccc(CC2(C3=Cc4ccccc4C3)Cc3ccccc3C2O)cc1. The lowest BCUT2D eigenvalue weighted by Crippen LogP contribution is -2.31. The van der Waals surface area contributed by atoms with Gasteiger partial charge in [-0.3, -0.25) is 0 Å². The Bertz CT molecular complexity index is 1100. The lowest BCUT2D eigenvalue weighted by Gasteiger charge is -2.35. The van der Waals surface area contributed by atoms with Crippen LogP contribution in [-0.4, -0.2) is 23.4 Å². The average Bonchev–Trinajstić information content (AvgIpc) is 3.36. The van der Waals surface area contributed by atoms with Crippen LogP contribution in [0.4, 0.5) is 0 Å². The van der Waals surface area contributed by atoms with Crippen LogP contribution in [0.15, 0.2) is 78.4 Å². The summed E-state index contributed by atoms with van der Waals surface area (Å²) in [6.07, 6.45) is 4.40. The molecule has 31 heavy (non-hydrogen) atoms. The van der Waals surface area contributed by atoms with Gasteiger partial charge in [-0.15, -0.1) is 0 Å². The molecule has 0 aliphatic heterocycles. The fourth-order valence-corrected chi connectivity index (χ4v) is 5.31. The Morgan fingerprint density at radius 1 is 0.871 bits per heavy atom. The van der Waals surface area contributed by atoms with Crippen LogP contribution in [0.2, 0.25) is 0 Å². The zero-order chi connectivity index (χ0) is 21.3. The summed E-state index contributed by atoms with van der Waals surface area (Å²) in [4.78, 5) is 0. The molecule has 0 radical (unpaired) electrons. The highest BCUT2D eigenvalue weighted by molar-refractivity contribution is 5.66. The largest absolute Gasteiger partial charge is 0.395 e. The number of rotatable bonds is 7. The van der Waals surface area contributed by atoms with Crippen LogP contribution in [0.1, 0.15) is 39.5 Å². The van der Waals surface area contributed by atoms with Crippen LogP contribution in [0, 0.1) is 5.41 Å². The van der Waals surface area contributed by atoms with E-state index < -0.39 is 6.10 Å². The third-order valence-corrected chi connectivity index (χ3v) is 6.94. The van der Waals surface area contributed by atoms with Gasteiger partial charge < -0.3 is 15.5 Å². The summed E-state index contributed by atoms with van der Waals surface area (Å²) in [5.41, 5.74) is 8.44. The van der Waals surface area contributed by atoms with E-state index in [2.05, 4.69) is 78.1 Å². The smallest absolute Gasteiger partial charge is 0.0892 e. The zero-order valence-electron chi connectivity index (χ0n) is 17.7. The quantitative estimate of drug-likeness (QED) is 0.510. The third kappa shape index (κ3) is 3.74. The Hall–Kier alpha value is -2.72. The van der Waals surface area contributed by atoms with Gasteiger partial charge in [0.2, 0.25) is 0 Å². The molecule has 2 atom stereocenters. The molecule has 0 aromatic heterocycles. The molecular weight excluding hydrogens is 382 g/mol. The monoisotopic (exact) mass is 411 g/mol. The van der Waals surface area contributed by atoms with Crippen molar-refractivity contribution in [2.45, 2.75) is 31.9 Å². The van der Waals surface area contributed by atoms with Crippen molar-refractivity contribution in [2.24, 2.45) is 5.41 Å². The van der Waals surface area contributed by atoms with Crippen LogP contribution in [-0.2, 0) is 25.8 Å². The van der Waals surface area contributed by atoms with E-state index in [4.69, 9.17) is 5.11 Å².